The highest BCUT2D eigenvalue weighted by Gasteiger charge is 2.38. The maximum atomic E-state index is 13.1. The van der Waals surface area contributed by atoms with E-state index in [-0.39, 0.29) is 22.0 Å². The van der Waals surface area contributed by atoms with Crippen LogP contribution in [0.15, 0.2) is 89.3 Å². The van der Waals surface area contributed by atoms with Gasteiger partial charge in [-0.1, -0.05) is 48.0 Å². The largest absolute Gasteiger partial charge is 0.451 e. The third-order valence-corrected chi connectivity index (χ3v) is 5.78. The van der Waals surface area contributed by atoms with E-state index in [0.717, 1.165) is 10.5 Å². The molecule has 0 spiro atoms. The Hall–Kier alpha value is -4.27. The second-order valence-corrected chi connectivity index (χ2v) is 8.44. The Morgan fingerprint density at radius 3 is 2.43 bits per heavy atom. The van der Waals surface area contributed by atoms with Gasteiger partial charge in [-0.2, -0.15) is 0 Å². The molecule has 3 aromatic carbocycles. The first-order valence-corrected chi connectivity index (χ1v) is 11.3. The zero-order chi connectivity index (χ0) is 24.5. The molecule has 1 aromatic heterocycles. The number of anilines is 2. The number of carbonyl (C=O) groups excluding carboxylic acids is 3. The van der Waals surface area contributed by atoms with Gasteiger partial charge in [0.25, 0.3) is 17.7 Å². The molecule has 7 nitrogen and oxygen atoms in total. The second kappa shape index (κ2) is 9.17. The number of imide groups is 1. The van der Waals surface area contributed by atoms with E-state index in [2.05, 4.69) is 10.6 Å². The summed E-state index contributed by atoms with van der Waals surface area (Å²) < 4.78 is 5.64. The van der Waals surface area contributed by atoms with Crippen LogP contribution in [-0.2, 0) is 0 Å². The Kier molecular flexibility index (Phi) is 5.90. The smallest absolute Gasteiger partial charge is 0.293 e. The zero-order valence-corrected chi connectivity index (χ0v) is 19.5. The summed E-state index contributed by atoms with van der Waals surface area (Å²) >= 11 is 11.3. The first-order valence-electron chi connectivity index (χ1n) is 10.5. The van der Waals surface area contributed by atoms with Gasteiger partial charge in [0.05, 0.1) is 22.5 Å². The van der Waals surface area contributed by atoms with Crippen LogP contribution in [0.3, 0.4) is 0 Å². The van der Waals surface area contributed by atoms with Gasteiger partial charge < -0.3 is 9.73 Å². The van der Waals surface area contributed by atoms with Gasteiger partial charge in [0.15, 0.2) is 10.9 Å². The van der Waals surface area contributed by atoms with Gasteiger partial charge in [-0.15, -0.1) is 0 Å². The first-order chi connectivity index (χ1) is 16.9. The quantitative estimate of drug-likeness (QED) is 0.282. The van der Waals surface area contributed by atoms with Gasteiger partial charge >= 0.3 is 0 Å². The molecule has 0 atom stereocenters. The molecule has 0 saturated heterocycles. The molecular formula is C26H16ClN3O4S. The van der Waals surface area contributed by atoms with Gasteiger partial charge in [0, 0.05) is 10.6 Å². The molecule has 5 rings (SSSR count). The molecule has 2 N–H and O–H groups in total. The van der Waals surface area contributed by atoms with Crippen LogP contribution in [0, 0.1) is 0 Å². The lowest BCUT2D eigenvalue weighted by molar-refractivity contribution is 0.0922. The predicted octanol–water partition coefficient (Wildman–Crippen LogP) is 5.53. The molecule has 0 fully saturated rings. The standard InChI is InChI=1S/C26H16ClN3O4S/c27-16-7-4-6-15(14-16)20-12-13-21(34-20)23(31)29-26(35)28-19-11-5-10-18-22(19)25(33)30(24(18)32)17-8-2-1-3-9-17/h1-14H,(H2,28,29,31,35). The Morgan fingerprint density at radius 2 is 1.66 bits per heavy atom. The lowest BCUT2D eigenvalue weighted by Gasteiger charge is -2.14. The number of carbonyl (C=O) groups is 3. The molecule has 0 saturated carbocycles. The van der Waals surface area contributed by atoms with Crippen molar-refractivity contribution < 1.29 is 18.8 Å². The fourth-order valence-electron chi connectivity index (χ4n) is 3.78. The fourth-order valence-corrected chi connectivity index (χ4v) is 4.17. The van der Waals surface area contributed by atoms with Crippen LogP contribution in [0.4, 0.5) is 11.4 Å². The fraction of sp³-hybridized carbons (Fsp3) is 0. The van der Waals surface area contributed by atoms with Crippen LogP contribution < -0.4 is 15.5 Å². The minimum absolute atomic E-state index is 0.0453. The van der Waals surface area contributed by atoms with Crippen molar-refractivity contribution in [3.63, 3.8) is 0 Å². The molecule has 2 heterocycles. The molecule has 3 amide bonds. The molecule has 172 valence electrons. The number of para-hydroxylation sites is 1. The summed E-state index contributed by atoms with van der Waals surface area (Å²) in [7, 11) is 0. The normalized spacial score (nSPS) is 12.4. The number of halogens is 1. The van der Waals surface area contributed by atoms with Gasteiger partial charge in [-0.3, -0.25) is 19.7 Å². The van der Waals surface area contributed by atoms with Crippen molar-refractivity contribution in [1.82, 2.24) is 5.32 Å². The summed E-state index contributed by atoms with van der Waals surface area (Å²) in [6.45, 7) is 0. The van der Waals surface area contributed by atoms with Gasteiger partial charge in [-0.25, -0.2) is 4.90 Å². The molecule has 35 heavy (non-hydrogen) atoms. The minimum Gasteiger partial charge on any atom is -0.451 e. The van der Waals surface area contributed by atoms with Crippen LogP contribution >= 0.6 is 23.8 Å². The number of furan rings is 1. The molecule has 0 bridgehead atoms. The van der Waals surface area contributed by atoms with E-state index < -0.39 is 17.7 Å². The van der Waals surface area contributed by atoms with Crippen molar-refractivity contribution in [2.75, 3.05) is 10.2 Å². The number of nitrogens with zero attached hydrogens (tertiary/aromatic N) is 1. The number of thiocarbonyl (C=S) groups is 1. The van der Waals surface area contributed by atoms with Crippen LogP contribution in [0.2, 0.25) is 5.02 Å². The minimum atomic E-state index is -0.573. The van der Waals surface area contributed by atoms with Crippen molar-refractivity contribution in [2.45, 2.75) is 0 Å². The van der Waals surface area contributed by atoms with Crippen molar-refractivity contribution in [2.24, 2.45) is 0 Å². The topological polar surface area (TPSA) is 91.7 Å². The number of nitrogens with one attached hydrogen (secondary N) is 2. The molecule has 0 unspecified atom stereocenters. The monoisotopic (exact) mass is 501 g/mol. The number of hydrogen-bond acceptors (Lipinski definition) is 5. The summed E-state index contributed by atoms with van der Waals surface area (Å²) in [6.07, 6.45) is 0. The van der Waals surface area contributed by atoms with Crippen molar-refractivity contribution >= 4 is 58.0 Å². The Balaban J connectivity index is 1.32. The Morgan fingerprint density at radius 1 is 0.886 bits per heavy atom. The van der Waals surface area contributed by atoms with Gasteiger partial charge in [0.2, 0.25) is 0 Å². The average molecular weight is 502 g/mol. The average Bonchev–Trinajstić information content (AvgIpc) is 3.44. The number of hydrogen-bond donors (Lipinski definition) is 2. The van der Waals surface area contributed by atoms with E-state index in [4.69, 9.17) is 28.2 Å². The molecule has 0 aliphatic carbocycles. The highest BCUT2D eigenvalue weighted by atomic mass is 35.5. The SMILES string of the molecule is O=C(NC(=S)Nc1cccc2c1C(=O)N(c1ccccc1)C2=O)c1ccc(-c2cccc(Cl)c2)o1. The highest BCUT2D eigenvalue weighted by Crippen LogP contribution is 2.33. The predicted molar refractivity (Wildman–Crippen MR) is 137 cm³/mol. The molecule has 1 aliphatic rings. The first kappa shape index (κ1) is 22.5. The molecule has 0 radical (unpaired) electrons. The third kappa shape index (κ3) is 4.32. The van der Waals surface area contributed by atoms with E-state index in [1.165, 1.54) is 6.07 Å². The lowest BCUT2D eigenvalue weighted by Crippen LogP contribution is -2.34. The summed E-state index contributed by atoms with van der Waals surface area (Å²) in [5, 5.41) is 5.88. The Bertz CT molecular complexity index is 1500. The van der Waals surface area contributed by atoms with Crippen molar-refractivity contribution in [3.8, 4) is 11.3 Å². The van der Waals surface area contributed by atoms with E-state index in [0.29, 0.717) is 22.2 Å². The lowest BCUT2D eigenvalue weighted by atomic mass is 10.1. The highest BCUT2D eigenvalue weighted by molar-refractivity contribution is 7.80. The van der Waals surface area contributed by atoms with Crippen LogP contribution in [-0.4, -0.2) is 22.8 Å². The van der Waals surface area contributed by atoms with E-state index in [9.17, 15) is 14.4 Å². The number of fused-ring (bicyclic) bond motifs is 1. The van der Waals surface area contributed by atoms with Crippen molar-refractivity contribution in [3.05, 3.63) is 107 Å². The van der Waals surface area contributed by atoms with E-state index in [1.54, 1.807) is 72.8 Å². The van der Waals surface area contributed by atoms with Gasteiger partial charge in [0.1, 0.15) is 5.76 Å². The molecule has 1 aliphatic heterocycles. The van der Waals surface area contributed by atoms with Crippen molar-refractivity contribution in [1.29, 1.82) is 0 Å². The number of amides is 3. The number of benzene rings is 3. The maximum absolute atomic E-state index is 13.1. The van der Waals surface area contributed by atoms with Crippen LogP contribution in [0.25, 0.3) is 11.3 Å². The second-order valence-electron chi connectivity index (χ2n) is 7.59. The third-order valence-electron chi connectivity index (χ3n) is 5.34. The zero-order valence-electron chi connectivity index (χ0n) is 17.9. The summed E-state index contributed by atoms with van der Waals surface area (Å²) in [5.74, 6) is -0.965. The molecule has 4 aromatic rings. The number of rotatable bonds is 4. The summed E-state index contributed by atoms with van der Waals surface area (Å²) in [6, 6.07) is 23.7. The van der Waals surface area contributed by atoms with Crippen LogP contribution in [0.1, 0.15) is 31.3 Å². The van der Waals surface area contributed by atoms with Gasteiger partial charge in [-0.05, 0) is 60.7 Å². The summed E-state index contributed by atoms with van der Waals surface area (Å²) in [5.41, 5.74) is 1.93. The maximum Gasteiger partial charge on any atom is 0.293 e. The molecular weight excluding hydrogens is 486 g/mol. The molecule has 9 heteroatoms. The summed E-state index contributed by atoms with van der Waals surface area (Å²) in [4.78, 5) is 39.8. The Labute approximate surface area is 210 Å². The van der Waals surface area contributed by atoms with E-state index in [1.807, 2.05) is 6.07 Å². The van der Waals surface area contributed by atoms with Crippen LogP contribution in [0.5, 0.6) is 0 Å². The van der Waals surface area contributed by atoms with E-state index >= 15 is 0 Å².